The lowest BCUT2D eigenvalue weighted by Gasteiger charge is -2.31. The number of hydrogen-bond acceptors (Lipinski definition) is 7. The van der Waals surface area contributed by atoms with Gasteiger partial charge in [-0.1, -0.05) is 29.4 Å². The summed E-state index contributed by atoms with van der Waals surface area (Å²) in [6, 6.07) is 23.6. The number of piperidine rings is 1. The van der Waals surface area contributed by atoms with Crippen molar-refractivity contribution in [2.45, 2.75) is 26.3 Å². The first-order chi connectivity index (χ1) is 17.2. The van der Waals surface area contributed by atoms with Crippen LogP contribution in [0.5, 0.6) is 5.75 Å². The largest absolute Gasteiger partial charge is 0.493 e. The van der Waals surface area contributed by atoms with Crippen molar-refractivity contribution in [2.24, 2.45) is 5.92 Å². The molecule has 0 spiro atoms. The van der Waals surface area contributed by atoms with Gasteiger partial charge in [-0.3, -0.25) is 4.90 Å². The van der Waals surface area contributed by atoms with E-state index in [1.54, 1.807) is 0 Å². The summed E-state index contributed by atoms with van der Waals surface area (Å²) in [6.07, 6.45) is 2.21. The van der Waals surface area contributed by atoms with Gasteiger partial charge in [-0.2, -0.15) is 10.2 Å². The Kier molecular flexibility index (Phi) is 6.82. The fraction of sp³-hybridized carbons (Fsp3) is 0.286. The lowest BCUT2D eigenvalue weighted by molar-refractivity contribution is 0.137. The smallest absolute Gasteiger partial charge is 0.258 e. The number of benzene rings is 2. The molecule has 1 aliphatic rings. The second-order valence-corrected chi connectivity index (χ2v) is 8.95. The van der Waals surface area contributed by atoms with Crippen LogP contribution in [0.25, 0.3) is 23.0 Å². The molecule has 3 heterocycles. The molecule has 0 saturated carbocycles. The Hall–Kier alpha value is -4.02. The highest BCUT2D eigenvalue weighted by atomic mass is 16.5. The monoisotopic (exact) mass is 465 g/mol. The highest BCUT2D eigenvalue weighted by Crippen LogP contribution is 2.26. The van der Waals surface area contributed by atoms with E-state index in [2.05, 4.69) is 26.1 Å². The summed E-state index contributed by atoms with van der Waals surface area (Å²) in [5.74, 6) is 2.25. The lowest BCUT2D eigenvalue weighted by atomic mass is 9.97. The molecule has 0 amide bonds. The van der Waals surface area contributed by atoms with Gasteiger partial charge in [0.05, 0.1) is 18.2 Å². The second-order valence-electron chi connectivity index (χ2n) is 8.95. The van der Waals surface area contributed by atoms with Gasteiger partial charge in [0.1, 0.15) is 11.4 Å². The molecule has 7 nitrogen and oxygen atoms in total. The van der Waals surface area contributed by atoms with Gasteiger partial charge in [0.2, 0.25) is 5.82 Å². The maximum absolute atomic E-state index is 8.95. The number of pyridine rings is 1. The molecule has 0 aliphatic carbocycles. The van der Waals surface area contributed by atoms with Gasteiger partial charge in [-0.05, 0) is 86.8 Å². The van der Waals surface area contributed by atoms with Gasteiger partial charge in [-0.25, -0.2) is 4.98 Å². The zero-order valence-corrected chi connectivity index (χ0v) is 19.7. The first-order valence-electron chi connectivity index (χ1n) is 11.9. The van der Waals surface area contributed by atoms with Gasteiger partial charge < -0.3 is 9.26 Å². The van der Waals surface area contributed by atoms with Gasteiger partial charge in [-0.15, -0.1) is 0 Å². The van der Waals surface area contributed by atoms with E-state index in [1.807, 2.05) is 73.7 Å². The Labute approximate surface area is 205 Å². The van der Waals surface area contributed by atoms with Crippen molar-refractivity contribution in [3.8, 4) is 34.8 Å². The molecule has 0 radical (unpaired) electrons. The Morgan fingerprint density at radius 1 is 1.03 bits per heavy atom. The summed E-state index contributed by atoms with van der Waals surface area (Å²) < 4.78 is 11.6. The molecule has 4 aromatic rings. The third-order valence-corrected chi connectivity index (χ3v) is 6.31. The average Bonchev–Trinajstić information content (AvgIpc) is 3.40. The molecular weight excluding hydrogens is 438 g/mol. The minimum absolute atomic E-state index is 0.449. The zero-order chi connectivity index (χ0) is 24.0. The average molecular weight is 466 g/mol. The van der Waals surface area contributed by atoms with Crippen LogP contribution >= 0.6 is 0 Å². The molecule has 0 atom stereocenters. The number of rotatable bonds is 7. The van der Waals surface area contributed by atoms with Crippen molar-refractivity contribution in [3.63, 3.8) is 0 Å². The van der Waals surface area contributed by atoms with E-state index in [9.17, 15) is 0 Å². The molecule has 35 heavy (non-hydrogen) atoms. The molecule has 2 aromatic heterocycles. The van der Waals surface area contributed by atoms with Gasteiger partial charge in [0.25, 0.3) is 5.89 Å². The fourth-order valence-electron chi connectivity index (χ4n) is 4.30. The molecule has 0 unspecified atom stereocenters. The summed E-state index contributed by atoms with van der Waals surface area (Å²) in [5.41, 5.74) is 4.38. The van der Waals surface area contributed by atoms with Gasteiger partial charge >= 0.3 is 0 Å². The second kappa shape index (κ2) is 10.5. The fourth-order valence-corrected chi connectivity index (χ4v) is 4.30. The number of aromatic nitrogens is 3. The first kappa shape index (κ1) is 22.8. The predicted octanol–water partition coefficient (Wildman–Crippen LogP) is 5.27. The van der Waals surface area contributed by atoms with Crippen LogP contribution in [0, 0.1) is 24.2 Å². The topological polar surface area (TPSA) is 88.1 Å². The number of aryl methyl sites for hydroxylation is 1. The zero-order valence-electron chi connectivity index (χ0n) is 19.7. The van der Waals surface area contributed by atoms with E-state index in [1.165, 1.54) is 5.56 Å². The van der Waals surface area contributed by atoms with Crippen LogP contribution in [0.2, 0.25) is 0 Å². The lowest BCUT2D eigenvalue weighted by Crippen LogP contribution is -2.35. The molecule has 176 valence electrons. The van der Waals surface area contributed by atoms with Gasteiger partial charge in [0, 0.05) is 17.8 Å². The number of ether oxygens (including phenoxy) is 1. The highest BCUT2D eigenvalue weighted by Gasteiger charge is 2.20. The molecule has 1 aliphatic heterocycles. The van der Waals surface area contributed by atoms with Crippen LogP contribution in [0.15, 0.2) is 71.3 Å². The Morgan fingerprint density at radius 3 is 2.60 bits per heavy atom. The number of likely N-dealkylation sites (tertiary alicyclic amines) is 1. The van der Waals surface area contributed by atoms with Crippen molar-refractivity contribution >= 4 is 0 Å². The number of nitrogens with zero attached hydrogens (tertiary/aromatic N) is 5. The third kappa shape index (κ3) is 5.73. The Bertz CT molecular complexity index is 1320. The molecule has 0 bridgehead atoms. The minimum atomic E-state index is 0.449. The third-order valence-electron chi connectivity index (χ3n) is 6.31. The van der Waals surface area contributed by atoms with Crippen LogP contribution in [-0.2, 0) is 6.54 Å². The Morgan fingerprint density at radius 2 is 1.83 bits per heavy atom. The van der Waals surface area contributed by atoms with Crippen molar-refractivity contribution in [2.75, 3.05) is 19.7 Å². The standard InChI is InChI=1S/C28H27N5O2/c1-20-4-2-7-26(30-20)27-31-28(35-32-27)24-5-3-6-25(16-24)34-19-23-12-14-33(15-13-23)18-22-10-8-21(17-29)9-11-22/h2-11,16,23H,12-15,18-19H2,1H3. The molecule has 5 rings (SSSR count). The Balaban J connectivity index is 1.14. The molecule has 2 aromatic carbocycles. The molecular formula is C28H27N5O2. The normalized spacial score (nSPS) is 14.5. The predicted molar refractivity (Wildman–Crippen MR) is 132 cm³/mol. The van der Waals surface area contributed by atoms with Crippen molar-refractivity contribution in [1.29, 1.82) is 5.26 Å². The molecule has 1 fully saturated rings. The van der Waals surface area contributed by atoms with Crippen LogP contribution < -0.4 is 4.74 Å². The van der Waals surface area contributed by atoms with E-state index in [0.717, 1.165) is 49.5 Å². The van der Waals surface area contributed by atoms with Crippen LogP contribution in [0.3, 0.4) is 0 Å². The van der Waals surface area contributed by atoms with Crippen molar-refractivity contribution in [3.05, 3.63) is 83.6 Å². The number of nitriles is 1. The van der Waals surface area contributed by atoms with E-state index in [4.69, 9.17) is 14.5 Å². The summed E-state index contributed by atoms with van der Waals surface area (Å²) in [4.78, 5) is 11.4. The van der Waals surface area contributed by atoms with Crippen LogP contribution in [-0.4, -0.2) is 39.7 Å². The van der Waals surface area contributed by atoms with Crippen molar-refractivity contribution in [1.82, 2.24) is 20.0 Å². The van der Waals surface area contributed by atoms with E-state index in [-0.39, 0.29) is 0 Å². The van der Waals surface area contributed by atoms with Crippen LogP contribution in [0.4, 0.5) is 0 Å². The highest BCUT2D eigenvalue weighted by molar-refractivity contribution is 5.59. The van der Waals surface area contributed by atoms with E-state index in [0.29, 0.717) is 35.5 Å². The van der Waals surface area contributed by atoms with Gasteiger partial charge in [0.15, 0.2) is 0 Å². The minimum Gasteiger partial charge on any atom is -0.493 e. The van der Waals surface area contributed by atoms with E-state index < -0.39 is 0 Å². The number of hydrogen-bond donors (Lipinski definition) is 0. The van der Waals surface area contributed by atoms with Crippen molar-refractivity contribution < 1.29 is 9.26 Å². The van der Waals surface area contributed by atoms with E-state index >= 15 is 0 Å². The molecule has 0 N–H and O–H groups in total. The summed E-state index contributed by atoms with van der Waals surface area (Å²) >= 11 is 0. The maximum Gasteiger partial charge on any atom is 0.258 e. The summed E-state index contributed by atoms with van der Waals surface area (Å²) in [5, 5.41) is 13.0. The molecule has 1 saturated heterocycles. The summed E-state index contributed by atoms with van der Waals surface area (Å²) in [6.45, 7) is 5.64. The maximum atomic E-state index is 8.95. The SMILES string of the molecule is Cc1cccc(-c2noc(-c3cccc(OCC4CCN(Cc5ccc(C#N)cc5)CC4)c3)n2)n1. The molecule has 7 heteroatoms. The van der Waals surface area contributed by atoms with Crippen LogP contribution in [0.1, 0.15) is 29.7 Å². The quantitative estimate of drug-likeness (QED) is 0.367. The first-order valence-corrected chi connectivity index (χ1v) is 11.9. The summed E-state index contributed by atoms with van der Waals surface area (Å²) in [7, 11) is 0.